The van der Waals surface area contributed by atoms with Crippen LogP contribution in [0, 0.1) is 6.92 Å². The van der Waals surface area contributed by atoms with Gasteiger partial charge in [0.05, 0.1) is 6.20 Å². The predicted octanol–water partition coefficient (Wildman–Crippen LogP) is 1.56. The molecule has 0 amide bonds. The Morgan fingerprint density at radius 1 is 1.36 bits per heavy atom. The molecule has 5 heteroatoms. The fraction of sp³-hybridized carbons (Fsp3) is 0.444. The topological polar surface area (TPSA) is 59.4 Å². The minimum atomic E-state index is 0.302. The number of aromatic amines is 1. The fourth-order valence-electron chi connectivity index (χ4n) is 1.36. The quantitative estimate of drug-likeness (QED) is 0.783. The number of aromatic nitrogens is 5. The highest BCUT2D eigenvalue weighted by molar-refractivity contribution is 5.47. The average molecular weight is 191 g/mol. The summed E-state index contributed by atoms with van der Waals surface area (Å²) in [6, 6.07) is 0.302. The van der Waals surface area contributed by atoms with E-state index < -0.39 is 0 Å². The number of hydrogen-bond donors (Lipinski definition) is 1. The first-order valence-corrected chi connectivity index (χ1v) is 4.60. The molecule has 0 atom stereocenters. The first kappa shape index (κ1) is 8.93. The molecule has 0 aliphatic rings. The molecule has 0 bridgehead atoms. The van der Waals surface area contributed by atoms with Gasteiger partial charge in [0.2, 0.25) is 0 Å². The molecule has 0 spiro atoms. The highest BCUT2D eigenvalue weighted by Gasteiger charge is 2.11. The van der Waals surface area contributed by atoms with Gasteiger partial charge in [0.1, 0.15) is 17.8 Å². The van der Waals surface area contributed by atoms with Crippen LogP contribution >= 0.6 is 0 Å². The molecule has 0 aliphatic heterocycles. The van der Waals surface area contributed by atoms with E-state index in [1.807, 2.05) is 11.6 Å². The SMILES string of the molecule is Cc1ncc(-c2ncnn2C(C)C)[nH]1. The van der Waals surface area contributed by atoms with Crippen molar-refractivity contribution in [3.05, 3.63) is 18.3 Å². The minimum absolute atomic E-state index is 0.302. The first-order chi connectivity index (χ1) is 6.68. The molecule has 2 aromatic rings. The van der Waals surface area contributed by atoms with Crippen molar-refractivity contribution in [1.82, 2.24) is 24.7 Å². The van der Waals surface area contributed by atoms with Crippen molar-refractivity contribution >= 4 is 0 Å². The molecule has 74 valence electrons. The van der Waals surface area contributed by atoms with Crippen LogP contribution in [0.3, 0.4) is 0 Å². The van der Waals surface area contributed by atoms with Crippen LogP contribution in [0.5, 0.6) is 0 Å². The summed E-state index contributed by atoms with van der Waals surface area (Å²) in [4.78, 5) is 11.5. The predicted molar refractivity (Wildman–Crippen MR) is 52.7 cm³/mol. The van der Waals surface area contributed by atoms with Gasteiger partial charge in [0.25, 0.3) is 0 Å². The summed E-state index contributed by atoms with van der Waals surface area (Å²) in [6.45, 7) is 6.06. The van der Waals surface area contributed by atoms with Gasteiger partial charge in [-0.3, -0.25) is 0 Å². The number of hydrogen-bond acceptors (Lipinski definition) is 3. The molecule has 2 heterocycles. The summed E-state index contributed by atoms with van der Waals surface area (Å²) >= 11 is 0. The molecule has 0 saturated heterocycles. The molecule has 0 radical (unpaired) electrons. The van der Waals surface area contributed by atoms with Gasteiger partial charge in [-0.15, -0.1) is 0 Å². The number of rotatable bonds is 2. The van der Waals surface area contributed by atoms with Gasteiger partial charge in [-0.25, -0.2) is 14.6 Å². The summed E-state index contributed by atoms with van der Waals surface area (Å²) in [6.07, 6.45) is 3.34. The maximum Gasteiger partial charge on any atom is 0.176 e. The van der Waals surface area contributed by atoms with E-state index in [-0.39, 0.29) is 0 Å². The average Bonchev–Trinajstić information content (AvgIpc) is 2.70. The monoisotopic (exact) mass is 191 g/mol. The Morgan fingerprint density at radius 2 is 2.14 bits per heavy atom. The van der Waals surface area contributed by atoms with Crippen molar-refractivity contribution in [2.24, 2.45) is 0 Å². The minimum Gasteiger partial charge on any atom is -0.340 e. The van der Waals surface area contributed by atoms with E-state index in [9.17, 15) is 0 Å². The van der Waals surface area contributed by atoms with Crippen LogP contribution in [0.15, 0.2) is 12.5 Å². The Labute approximate surface area is 82.2 Å². The van der Waals surface area contributed by atoms with E-state index >= 15 is 0 Å². The standard InChI is InChI=1S/C9H13N5/c1-6(2)14-9(11-5-12-14)8-4-10-7(3)13-8/h4-6H,1-3H3,(H,10,13). The summed E-state index contributed by atoms with van der Waals surface area (Å²) in [5.74, 6) is 1.72. The van der Waals surface area contributed by atoms with Crippen molar-refractivity contribution in [2.45, 2.75) is 26.8 Å². The van der Waals surface area contributed by atoms with Crippen LogP contribution in [0.1, 0.15) is 25.7 Å². The van der Waals surface area contributed by atoms with Gasteiger partial charge in [-0.05, 0) is 20.8 Å². The van der Waals surface area contributed by atoms with E-state index in [1.54, 1.807) is 12.5 Å². The zero-order chi connectivity index (χ0) is 10.1. The normalized spacial score (nSPS) is 11.1. The van der Waals surface area contributed by atoms with E-state index in [0.717, 1.165) is 17.3 Å². The molecule has 5 nitrogen and oxygen atoms in total. The lowest BCUT2D eigenvalue weighted by molar-refractivity contribution is 0.537. The molecular formula is C9H13N5. The van der Waals surface area contributed by atoms with Crippen molar-refractivity contribution in [3.8, 4) is 11.5 Å². The maximum absolute atomic E-state index is 4.20. The highest BCUT2D eigenvalue weighted by Crippen LogP contribution is 2.16. The molecule has 0 aromatic carbocycles. The summed E-state index contributed by atoms with van der Waals surface area (Å²) in [5, 5.41) is 4.16. The van der Waals surface area contributed by atoms with Crippen LogP contribution in [0.2, 0.25) is 0 Å². The Morgan fingerprint density at radius 3 is 2.71 bits per heavy atom. The lowest BCUT2D eigenvalue weighted by Gasteiger charge is -2.07. The third kappa shape index (κ3) is 1.41. The Bertz CT molecular complexity index is 426. The Kier molecular flexibility index (Phi) is 2.07. The van der Waals surface area contributed by atoms with E-state index in [0.29, 0.717) is 6.04 Å². The second kappa shape index (κ2) is 3.25. The number of aryl methyl sites for hydroxylation is 1. The molecule has 2 rings (SSSR count). The molecule has 0 saturated carbocycles. The van der Waals surface area contributed by atoms with Crippen molar-refractivity contribution in [2.75, 3.05) is 0 Å². The van der Waals surface area contributed by atoms with E-state index in [2.05, 4.69) is 33.9 Å². The Balaban J connectivity index is 2.46. The van der Waals surface area contributed by atoms with Crippen molar-refractivity contribution in [1.29, 1.82) is 0 Å². The zero-order valence-electron chi connectivity index (χ0n) is 8.52. The van der Waals surface area contributed by atoms with Gasteiger partial charge in [-0.2, -0.15) is 5.10 Å². The second-order valence-electron chi connectivity index (χ2n) is 3.50. The molecule has 0 fully saturated rings. The smallest absolute Gasteiger partial charge is 0.176 e. The van der Waals surface area contributed by atoms with Gasteiger partial charge in [-0.1, -0.05) is 0 Å². The molecule has 0 aliphatic carbocycles. The Hall–Kier alpha value is -1.65. The summed E-state index contributed by atoms with van der Waals surface area (Å²) in [7, 11) is 0. The number of H-pyrrole nitrogens is 1. The molecule has 2 aromatic heterocycles. The zero-order valence-corrected chi connectivity index (χ0v) is 8.52. The molecule has 0 unspecified atom stereocenters. The van der Waals surface area contributed by atoms with Crippen LogP contribution < -0.4 is 0 Å². The summed E-state index contributed by atoms with van der Waals surface area (Å²) in [5.41, 5.74) is 0.911. The van der Waals surface area contributed by atoms with Crippen LogP contribution in [-0.4, -0.2) is 24.7 Å². The van der Waals surface area contributed by atoms with Gasteiger partial charge >= 0.3 is 0 Å². The van der Waals surface area contributed by atoms with Gasteiger partial charge < -0.3 is 4.98 Å². The lowest BCUT2D eigenvalue weighted by Crippen LogP contribution is -2.05. The van der Waals surface area contributed by atoms with E-state index in [1.165, 1.54) is 0 Å². The number of imidazole rings is 1. The van der Waals surface area contributed by atoms with Crippen LogP contribution in [-0.2, 0) is 0 Å². The first-order valence-electron chi connectivity index (χ1n) is 4.60. The number of nitrogens with one attached hydrogen (secondary N) is 1. The van der Waals surface area contributed by atoms with Gasteiger partial charge in [0, 0.05) is 6.04 Å². The molecule has 1 N–H and O–H groups in total. The van der Waals surface area contributed by atoms with Crippen LogP contribution in [0.25, 0.3) is 11.5 Å². The number of nitrogens with zero attached hydrogens (tertiary/aromatic N) is 4. The maximum atomic E-state index is 4.20. The van der Waals surface area contributed by atoms with Crippen molar-refractivity contribution < 1.29 is 0 Å². The van der Waals surface area contributed by atoms with E-state index in [4.69, 9.17) is 0 Å². The fourth-order valence-corrected chi connectivity index (χ4v) is 1.36. The molecule has 14 heavy (non-hydrogen) atoms. The third-order valence-electron chi connectivity index (χ3n) is 2.01. The second-order valence-corrected chi connectivity index (χ2v) is 3.50. The molecular weight excluding hydrogens is 178 g/mol. The van der Waals surface area contributed by atoms with Gasteiger partial charge in [0.15, 0.2) is 5.82 Å². The largest absolute Gasteiger partial charge is 0.340 e. The van der Waals surface area contributed by atoms with Crippen LogP contribution in [0.4, 0.5) is 0 Å². The third-order valence-corrected chi connectivity index (χ3v) is 2.01. The van der Waals surface area contributed by atoms with Crippen molar-refractivity contribution in [3.63, 3.8) is 0 Å². The summed E-state index contributed by atoms with van der Waals surface area (Å²) < 4.78 is 1.87. The highest BCUT2D eigenvalue weighted by atomic mass is 15.3. The lowest BCUT2D eigenvalue weighted by atomic mass is 10.3.